The van der Waals surface area contributed by atoms with Crippen LogP contribution in [-0.2, 0) is 14.3 Å². The number of carbonyl (C=O) groups is 2. The fourth-order valence-corrected chi connectivity index (χ4v) is 1.79. The van der Waals surface area contributed by atoms with Gasteiger partial charge in [0.2, 0.25) is 5.91 Å². The fraction of sp³-hybridized carbons (Fsp3) is 0.800. The van der Waals surface area contributed by atoms with Crippen molar-refractivity contribution in [2.24, 2.45) is 5.92 Å². The molecule has 104 valence electrons. The maximum atomic E-state index is 12.5. The molecule has 5 nitrogen and oxygen atoms in total. The van der Waals surface area contributed by atoms with Gasteiger partial charge in [-0.25, -0.2) is 4.79 Å². The lowest BCUT2D eigenvalue weighted by Crippen LogP contribution is -2.45. The molecule has 1 N–H and O–H groups in total. The number of halogens is 3. The Morgan fingerprint density at radius 3 is 2.56 bits per heavy atom. The van der Waals surface area contributed by atoms with Gasteiger partial charge in [-0.1, -0.05) is 0 Å². The van der Waals surface area contributed by atoms with Crippen LogP contribution < -0.4 is 0 Å². The summed E-state index contributed by atoms with van der Waals surface area (Å²) in [6, 6.07) is 0. The van der Waals surface area contributed by atoms with Gasteiger partial charge in [0.1, 0.15) is 13.2 Å². The molecule has 1 fully saturated rings. The van der Waals surface area contributed by atoms with Crippen molar-refractivity contribution in [1.82, 2.24) is 4.90 Å². The van der Waals surface area contributed by atoms with Crippen LogP contribution in [0.1, 0.15) is 12.8 Å². The van der Waals surface area contributed by atoms with Gasteiger partial charge in [0.05, 0.1) is 5.92 Å². The number of amides is 1. The van der Waals surface area contributed by atoms with Crippen molar-refractivity contribution in [3.8, 4) is 0 Å². The molecule has 0 saturated carbocycles. The van der Waals surface area contributed by atoms with Gasteiger partial charge in [-0.3, -0.25) is 4.79 Å². The third-order valence-electron chi connectivity index (χ3n) is 2.69. The Bertz CT molecular complexity index is 319. The highest BCUT2D eigenvalue weighted by molar-refractivity contribution is 5.78. The van der Waals surface area contributed by atoms with Crippen molar-refractivity contribution in [2.45, 2.75) is 19.0 Å². The Labute approximate surface area is 102 Å². The number of carboxylic acid groups (broad SMARTS) is 1. The zero-order valence-electron chi connectivity index (χ0n) is 9.57. The molecule has 1 amide bonds. The average Bonchev–Trinajstić information content (AvgIpc) is 2.27. The van der Waals surface area contributed by atoms with E-state index in [4.69, 9.17) is 5.11 Å². The van der Waals surface area contributed by atoms with E-state index < -0.39 is 37.2 Å². The SMILES string of the molecule is O=C(O)COCC(=O)N1CCCC(C(F)(F)F)C1. The van der Waals surface area contributed by atoms with Gasteiger partial charge in [0, 0.05) is 13.1 Å². The van der Waals surface area contributed by atoms with Crippen LogP contribution in [0.4, 0.5) is 13.2 Å². The number of carboxylic acids is 1. The highest BCUT2D eigenvalue weighted by Gasteiger charge is 2.42. The zero-order valence-corrected chi connectivity index (χ0v) is 9.57. The first-order chi connectivity index (χ1) is 8.30. The summed E-state index contributed by atoms with van der Waals surface area (Å²) in [6.45, 7) is -1.26. The van der Waals surface area contributed by atoms with E-state index in [1.54, 1.807) is 0 Å². The van der Waals surface area contributed by atoms with E-state index in [0.29, 0.717) is 0 Å². The molecule has 18 heavy (non-hydrogen) atoms. The van der Waals surface area contributed by atoms with Gasteiger partial charge in [-0.15, -0.1) is 0 Å². The standard InChI is InChI=1S/C10H14F3NO4/c11-10(12,13)7-2-1-3-14(4-7)8(15)5-18-6-9(16)17/h7H,1-6H2,(H,16,17). The maximum absolute atomic E-state index is 12.5. The first-order valence-corrected chi connectivity index (χ1v) is 5.44. The van der Waals surface area contributed by atoms with E-state index in [9.17, 15) is 22.8 Å². The highest BCUT2D eigenvalue weighted by Crippen LogP contribution is 2.33. The third-order valence-corrected chi connectivity index (χ3v) is 2.69. The lowest BCUT2D eigenvalue weighted by atomic mass is 9.97. The average molecular weight is 269 g/mol. The number of rotatable bonds is 4. The monoisotopic (exact) mass is 269 g/mol. The predicted octanol–water partition coefficient (Wildman–Crippen LogP) is 0.889. The minimum Gasteiger partial charge on any atom is -0.480 e. The molecule has 1 saturated heterocycles. The Hall–Kier alpha value is -1.31. The van der Waals surface area contributed by atoms with Gasteiger partial charge in [0.15, 0.2) is 0 Å². The molecule has 1 atom stereocenters. The number of carbonyl (C=O) groups excluding carboxylic acids is 1. The van der Waals surface area contributed by atoms with Crippen LogP contribution in [0.3, 0.4) is 0 Å². The topological polar surface area (TPSA) is 66.8 Å². The van der Waals surface area contributed by atoms with Crippen LogP contribution in [0.15, 0.2) is 0 Å². The molecule has 1 aliphatic rings. The molecule has 1 aliphatic heterocycles. The van der Waals surface area contributed by atoms with Crippen LogP contribution in [0.5, 0.6) is 0 Å². The molecule has 1 rings (SSSR count). The molecule has 8 heteroatoms. The van der Waals surface area contributed by atoms with E-state index in [-0.39, 0.29) is 25.9 Å². The van der Waals surface area contributed by atoms with E-state index in [1.165, 1.54) is 0 Å². The molecule has 1 heterocycles. The van der Waals surface area contributed by atoms with Crippen LogP contribution in [0.2, 0.25) is 0 Å². The summed E-state index contributed by atoms with van der Waals surface area (Å²) in [7, 11) is 0. The molecule has 0 aliphatic carbocycles. The summed E-state index contributed by atoms with van der Waals surface area (Å²) in [5, 5.41) is 8.29. The van der Waals surface area contributed by atoms with Crippen molar-refractivity contribution >= 4 is 11.9 Å². The minimum atomic E-state index is -4.30. The molecule has 0 aromatic rings. The van der Waals surface area contributed by atoms with Crippen LogP contribution in [0.25, 0.3) is 0 Å². The summed E-state index contributed by atoms with van der Waals surface area (Å²) in [6.07, 6.45) is -4.00. The van der Waals surface area contributed by atoms with Crippen molar-refractivity contribution in [3.05, 3.63) is 0 Å². The van der Waals surface area contributed by atoms with Gasteiger partial charge in [-0.05, 0) is 12.8 Å². The van der Waals surface area contributed by atoms with Gasteiger partial charge < -0.3 is 14.7 Å². The third kappa shape index (κ3) is 4.52. The number of nitrogens with zero attached hydrogens (tertiary/aromatic N) is 1. The lowest BCUT2D eigenvalue weighted by Gasteiger charge is -2.33. The van der Waals surface area contributed by atoms with E-state index >= 15 is 0 Å². The lowest BCUT2D eigenvalue weighted by molar-refractivity contribution is -0.188. The van der Waals surface area contributed by atoms with Gasteiger partial charge in [-0.2, -0.15) is 13.2 Å². The minimum absolute atomic E-state index is 0.0171. The number of alkyl halides is 3. The second-order valence-corrected chi connectivity index (χ2v) is 4.11. The number of hydrogen-bond acceptors (Lipinski definition) is 3. The summed E-state index contributed by atoms with van der Waals surface area (Å²) < 4.78 is 42.0. The normalized spacial score (nSPS) is 20.8. The number of hydrogen-bond donors (Lipinski definition) is 1. The number of piperidine rings is 1. The molecule has 0 aromatic carbocycles. The van der Waals surface area contributed by atoms with Crippen LogP contribution in [0, 0.1) is 5.92 Å². The molecule has 0 spiro atoms. The largest absolute Gasteiger partial charge is 0.480 e. The second kappa shape index (κ2) is 6.03. The van der Waals surface area contributed by atoms with Gasteiger partial charge >= 0.3 is 12.1 Å². The molecular weight excluding hydrogens is 255 g/mol. The summed E-state index contributed by atoms with van der Waals surface area (Å²) >= 11 is 0. The zero-order chi connectivity index (χ0) is 13.8. The smallest absolute Gasteiger partial charge is 0.393 e. The Balaban J connectivity index is 2.41. The number of ether oxygens (including phenoxy) is 1. The van der Waals surface area contributed by atoms with Crippen molar-refractivity contribution in [2.75, 3.05) is 26.3 Å². The highest BCUT2D eigenvalue weighted by atomic mass is 19.4. The predicted molar refractivity (Wildman–Crippen MR) is 53.8 cm³/mol. The first-order valence-electron chi connectivity index (χ1n) is 5.44. The molecule has 1 unspecified atom stereocenters. The van der Waals surface area contributed by atoms with Crippen LogP contribution in [-0.4, -0.2) is 54.4 Å². The Morgan fingerprint density at radius 1 is 1.33 bits per heavy atom. The summed E-state index contributed by atoms with van der Waals surface area (Å²) in [5.74, 6) is -3.34. The van der Waals surface area contributed by atoms with Crippen molar-refractivity contribution < 1.29 is 32.6 Å². The molecular formula is C10H14F3NO4. The van der Waals surface area contributed by atoms with Crippen molar-refractivity contribution in [3.63, 3.8) is 0 Å². The number of likely N-dealkylation sites (tertiary alicyclic amines) is 1. The van der Waals surface area contributed by atoms with Crippen molar-refractivity contribution in [1.29, 1.82) is 0 Å². The van der Waals surface area contributed by atoms with E-state index in [0.717, 1.165) is 4.90 Å². The first kappa shape index (κ1) is 14.7. The number of aliphatic carboxylic acids is 1. The summed E-state index contributed by atoms with van der Waals surface area (Å²) in [4.78, 5) is 22.7. The Kier molecular flexibility index (Phi) is 4.94. The molecule has 0 aromatic heterocycles. The second-order valence-electron chi connectivity index (χ2n) is 4.11. The Morgan fingerprint density at radius 2 is 2.00 bits per heavy atom. The summed E-state index contributed by atoms with van der Waals surface area (Å²) in [5.41, 5.74) is 0. The van der Waals surface area contributed by atoms with Gasteiger partial charge in [0.25, 0.3) is 0 Å². The quantitative estimate of drug-likeness (QED) is 0.823. The molecule has 0 bridgehead atoms. The maximum Gasteiger partial charge on any atom is 0.393 e. The van der Waals surface area contributed by atoms with E-state index in [1.807, 2.05) is 0 Å². The van der Waals surface area contributed by atoms with Crippen LogP contribution >= 0.6 is 0 Å². The fourth-order valence-electron chi connectivity index (χ4n) is 1.79. The van der Waals surface area contributed by atoms with E-state index in [2.05, 4.69) is 4.74 Å². The molecule has 0 radical (unpaired) electrons.